The molecule has 0 amide bonds. The molecule has 0 N–H and O–H groups in total. The van der Waals surface area contributed by atoms with Crippen molar-refractivity contribution in [3.63, 3.8) is 0 Å². The third-order valence-corrected chi connectivity index (χ3v) is 4.47. The molecule has 0 aliphatic rings. The normalized spacial score (nSPS) is 16.5. The van der Waals surface area contributed by atoms with Gasteiger partial charge in [0.15, 0.2) is 5.00 Å². The summed E-state index contributed by atoms with van der Waals surface area (Å²) in [4.78, 5) is 10.0. The molecule has 0 aromatic heterocycles. The molecule has 3 unspecified atom stereocenters. The third-order valence-electron chi connectivity index (χ3n) is 4.20. The van der Waals surface area contributed by atoms with Crippen LogP contribution in [0.4, 0.5) is 0 Å². The van der Waals surface area contributed by atoms with Gasteiger partial charge in [-0.05, 0) is 65.7 Å². The Hall–Kier alpha value is -0.440. The number of carbonyl (C=O) groups excluding carboxylic acids is 1. The molecule has 26 heavy (non-hydrogen) atoms. The van der Waals surface area contributed by atoms with E-state index in [2.05, 4.69) is 37.9 Å². The van der Waals surface area contributed by atoms with Crippen LogP contribution in [-0.4, -0.2) is 16.3 Å². The van der Waals surface area contributed by atoms with E-state index in [4.69, 9.17) is 11.6 Å². The van der Waals surface area contributed by atoms with E-state index in [0.717, 1.165) is 37.5 Å². The van der Waals surface area contributed by atoms with Gasteiger partial charge in [-0.1, -0.05) is 65.0 Å². The average molecular weight is 389 g/mol. The molecule has 3 atom stereocenters. The van der Waals surface area contributed by atoms with Gasteiger partial charge in [0.2, 0.25) is 0 Å². The monoisotopic (exact) mass is 388 g/mol. The van der Waals surface area contributed by atoms with Crippen LogP contribution in [0.2, 0.25) is 0 Å². The minimum absolute atomic E-state index is 0.134. The fourth-order valence-corrected chi connectivity index (χ4v) is 2.68. The van der Waals surface area contributed by atoms with E-state index in [9.17, 15) is 4.79 Å². The van der Waals surface area contributed by atoms with Crippen molar-refractivity contribution in [1.82, 2.24) is 0 Å². The molecule has 0 spiro atoms. The zero-order valence-electron chi connectivity index (χ0n) is 19.0. The highest BCUT2D eigenvalue weighted by Crippen LogP contribution is 2.28. The first-order valence-electron chi connectivity index (χ1n) is 10.4. The van der Waals surface area contributed by atoms with Gasteiger partial charge in [0.25, 0.3) is 0 Å². The maximum absolute atomic E-state index is 10.6. The molecule has 0 aliphatic carbocycles. The molecule has 4 heteroatoms. The van der Waals surface area contributed by atoms with Crippen LogP contribution in [0.3, 0.4) is 0 Å². The fraction of sp³-hybridized carbons (Fsp3) is 0.955. The summed E-state index contributed by atoms with van der Waals surface area (Å²) in [6.07, 6.45) is 8.86. The summed E-state index contributed by atoms with van der Waals surface area (Å²) in [5.41, 5.74) is -0.134. The number of alkyl halides is 1. The number of halogens is 1. The van der Waals surface area contributed by atoms with E-state index in [0.29, 0.717) is 5.78 Å². The van der Waals surface area contributed by atoms with Crippen molar-refractivity contribution < 1.29 is 4.79 Å². The molecule has 0 rings (SSSR count). The molecule has 3 nitrogen and oxygen atoms in total. The molecule has 0 heterocycles. The number of rotatable bonds is 11. The first kappa shape index (κ1) is 27.8. The van der Waals surface area contributed by atoms with E-state index in [1.807, 2.05) is 27.7 Å². The Kier molecular flexibility index (Phi) is 15.6. The van der Waals surface area contributed by atoms with Gasteiger partial charge < -0.3 is 4.79 Å². The van der Waals surface area contributed by atoms with Gasteiger partial charge in [-0.15, -0.1) is 0 Å². The third kappa shape index (κ3) is 21.6. The van der Waals surface area contributed by atoms with E-state index in [1.54, 1.807) is 6.92 Å². The van der Waals surface area contributed by atoms with Gasteiger partial charge in [-0.2, -0.15) is 10.2 Å². The van der Waals surface area contributed by atoms with Gasteiger partial charge in [-0.25, -0.2) is 0 Å². The van der Waals surface area contributed by atoms with Crippen LogP contribution < -0.4 is 0 Å². The number of nitrogens with zero attached hydrogens (tertiary/aromatic N) is 2. The number of hydrogen-bond acceptors (Lipinski definition) is 3. The van der Waals surface area contributed by atoms with Crippen molar-refractivity contribution in [2.45, 2.75) is 124 Å². The van der Waals surface area contributed by atoms with Crippen molar-refractivity contribution >= 4 is 17.4 Å². The molecule has 0 aromatic rings. The number of Topliss-reactive ketones (excluding diaryl/α,β-unsaturated/α-hetero) is 1. The Morgan fingerprint density at radius 1 is 0.885 bits per heavy atom. The first-order chi connectivity index (χ1) is 11.8. The van der Waals surface area contributed by atoms with Crippen LogP contribution in [0.25, 0.3) is 0 Å². The number of carbonyl (C=O) groups is 1. The van der Waals surface area contributed by atoms with E-state index < -0.39 is 5.00 Å². The van der Waals surface area contributed by atoms with E-state index in [-0.39, 0.29) is 5.54 Å². The Labute approximate surface area is 168 Å². The lowest BCUT2D eigenvalue weighted by Gasteiger charge is -2.20. The van der Waals surface area contributed by atoms with Crippen molar-refractivity contribution in [2.24, 2.45) is 22.1 Å². The lowest BCUT2D eigenvalue weighted by molar-refractivity contribution is -0.117. The average Bonchev–Trinajstić information content (AvgIpc) is 2.50. The molecule has 0 aliphatic heterocycles. The standard InChI is InChI=1S/C13H27ClN2.C9H18O/c1-7-8-11(2)9-10-13(6,14)16-15-12(3,4)5;1-4-5-8(2)6-7-9(3)10/h11H,7-10H2,1-6H3;8H,4-7H2,1-3H3. The Morgan fingerprint density at radius 3 is 1.73 bits per heavy atom. The predicted molar refractivity (Wildman–Crippen MR) is 116 cm³/mol. The molecule has 0 aromatic carbocycles. The van der Waals surface area contributed by atoms with Gasteiger partial charge in [0.05, 0.1) is 5.54 Å². The summed E-state index contributed by atoms with van der Waals surface area (Å²) in [6.45, 7) is 18.6. The highest BCUT2D eigenvalue weighted by atomic mass is 35.5. The fourth-order valence-electron chi connectivity index (χ4n) is 2.54. The van der Waals surface area contributed by atoms with Gasteiger partial charge in [0.1, 0.15) is 5.78 Å². The summed E-state index contributed by atoms with van der Waals surface area (Å²) < 4.78 is 0. The maximum atomic E-state index is 10.6. The summed E-state index contributed by atoms with van der Waals surface area (Å²) in [5, 5.41) is 8.50. The molecule has 156 valence electrons. The van der Waals surface area contributed by atoms with Crippen LogP contribution >= 0.6 is 11.6 Å². The molecule has 0 saturated carbocycles. The summed E-state index contributed by atoms with van der Waals surface area (Å²) in [7, 11) is 0. The zero-order chi connectivity index (χ0) is 20.8. The van der Waals surface area contributed by atoms with Crippen molar-refractivity contribution in [3.8, 4) is 0 Å². The Balaban J connectivity index is 0. The quantitative estimate of drug-likeness (QED) is 0.199. The molecular weight excluding hydrogens is 344 g/mol. The van der Waals surface area contributed by atoms with Crippen molar-refractivity contribution in [3.05, 3.63) is 0 Å². The lowest BCUT2D eigenvalue weighted by Crippen LogP contribution is -2.17. The van der Waals surface area contributed by atoms with Crippen LogP contribution in [0.1, 0.15) is 114 Å². The Morgan fingerprint density at radius 2 is 1.35 bits per heavy atom. The second-order valence-electron chi connectivity index (χ2n) is 9.08. The maximum Gasteiger partial charge on any atom is 0.151 e. The number of ketones is 1. The van der Waals surface area contributed by atoms with Crippen LogP contribution in [0.15, 0.2) is 10.2 Å². The van der Waals surface area contributed by atoms with Crippen LogP contribution in [0, 0.1) is 11.8 Å². The molecule has 0 bridgehead atoms. The summed E-state index contributed by atoms with van der Waals surface area (Å²) in [6, 6.07) is 0. The molecule has 0 fully saturated rings. The molecule has 0 radical (unpaired) electrons. The summed E-state index contributed by atoms with van der Waals surface area (Å²) >= 11 is 6.33. The largest absolute Gasteiger partial charge is 0.300 e. The zero-order valence-corrected chi connectivity index (χ0v) is 19.7. The highest BCUT2D eigenvalue weighted by Gasteiger charge is 2.22. The van der Waals surface area contributed by atoms with Crippen LogP contribution in [0.5, 0.6) is 0 Å². The summed E-state index contributed by atoms with van der Waals surface area (Å²) in [5.74, 6) is 1.78. The minimum atomic E-state index is -0.532. The molecule has 0 saturated heterocycles. The van der Waals surface area contributed by atoms with E-state index in [1.165, 1.54) is 25.7 Å². The minimum Gasteiger partial charge on any atom is -0.300 e. The smallest absolute Gasteiger partial charge is 0.151 e. The first-order valence-corrected chi connectivity index (χ1v) is 10.8. The predicted octanol–water partition coefficient (Wildman–Crippen LogP) is 8.20. The van der Waals surface area contributed by atoms with Crippen molar-refractivity contribution in [2.75, 3.05) is 0 Å². The second kappa shape index (κ2) is 14.6. The topological polar surface area (TPSA) is 41.8 Å². The lowest BCUT2D eigenvalue weighted by atomic mass is 9.98. The van der Waals surface area contributed by atoms with Gasteiger partial charge in [-0.3, -0.25) is 0 Å². The van der Waals surface area contributed by atoms with Gasteiger partial charge >= 0.3 is 0 Å². The number of hydrogen-bond donors (Lipinski definition) is 0. The molecular formula is C22H45ClN2O. The number of azo groups is 1. The second-order valence-corrected chi connectivity index (χ2v) is 9.89. The van der Waals surface area contributed by atoms with Gasteiger partial charge in [0, 0.05) is 6.42 Å². The highest BCUT2D eigenvalue weighted by molar-refractivity contribution is 6.23. The SMILES string of the molecule is CCCC(C)CCC(C)(Cl)N=NC(C)(C)C.CCCC(C)CCC(C)=O. The van der Waals surface area contributed by atoms with E-state index >= 15 is 0 Å². The van der Waals surface area contributed by atoms with Crippen molar-refractivity contribution in [1.29, 1.82) is 0 Å². The van der Waals surface area contributed by atoms with Crippen LogP contribution in [-0.2, 0) is 4.79 Å². The Bertz CT molecular complexity index is 386.